The lowest BCUT2D eigenvalue weighted by atomic mass is 10.1. The molecule has 3 nitrogen and oxygen atoms in total. The molecule has 0 heterocycles. The zero-order valence-corrected chi connectivity index (χ0v) is 16.3. The molecule has 0 amide bonds. The van der Waals surface area contributed by atoms with Crippen molar-refractivity contribution in [2.24, 2.45) is 0 Å². The normalized spacial score (nSPS) is 11.0. The molecule has 0 spiro atoms. The summed E-state index contributed by atoms with van der Waals surface area (Å²) < 4.78 is 11.4. The molecule has 0 aliphatic heterocycles. The molecular formula is C21H37NO2. The molecule has 1 aromatic rings. The van der Waals surface area contributed by atoms with Crippen molar-refractivity contribution < 1.29 is 9.47 Å². The second kappa shape index (κ2) is 13.1. The van der Waals surface area contributed by atoms with Gasteiger partial charge in [0.2, 0.25) is 0 Å². The molecule has 0 atom stereocenters. The van der Waals surface area contributed by atoms with Crippen LogP contribution in [0, 0.1) is 0 Å². The third kappa shape index (κ3) is 8.58. The van der Waals surface area contributed by atoms with Gasteiger partial charge in [0.25, 0.3) is 0 Å². The van der Waals surface area contributed by atoms with Crippen molar-refractivity contribution in [3.8, 4) is 11.5 Å². The maximum absolute atomic E-state index is 5.89. The van der Waals surface area contributed by atoms with E-state index in [4.69, 9.17) is 9.47 Å². The van der Waals surface area contributed by atoms with Crippen molar-refractivity contribution in [1.82, 2.24) is 4.90 Å². The summed E-state index contributed by atoms with van der Waals surface area (Å²) in [4.78, 5) is 2.38. The molecule has 0 radical (unpaired) electrons. The SMILES string of the molecule is CCCCCCOc1ccc(CN(C)CCCCCC)cc1OC. The van der Waals surface area contributed by atoms with E-state index < -0.39 is 0 Å². The molecule has 0 aliphatic rings. The summed E-state index contributed by atoms with van der Waals surface area (Å²) >= 11 is 0. The Morgan fingerprint density at radius 1 is 0.875 bits per heavy atom. The van der Waals surface area contributed by atoms with Gasteiger partial charge in [-0.1, -0.05) is 58.4 Å². The highest BCUT2D eigenvalue weighted by molar-refractivity contribution is 5.42. The van der Waals surface area contributed by atoms with Gasteiger partial charge < -0.3 is 14.4 Å². The van der Waals surface area contributed by atoms with Crippen LogP contribution >= 0.6 is 0 Å². The van der Waals surface area contributed by atoms with Crippen molar-refractivity contribution in [2.75, 3.05) is 27.3 Å². The molecule has 1 rings (SSSR count). The summed E-state index contributed by atoms with van der Waals surface area (Å²) in [6.07, 6.45) is 10.1. The zero-order valence-electron chi connectivity index (χ0n) is 16.3. The Morgan fingerprint density at radius 3 is 2.25 bits per heavy atom. The van der Waals surface area contributed by atoms with Crippen LogP contribution in [-0.4, -0.2) is 32.2 Å². The predicted octanol–water partition coefficient (Wildman–Crippen LogP) is 5.67. The molecule has 0 aliphatic carbocycles. The van der Waals surface area contributed by atoms with Crippen molar-refractivity contribution in [3.63, 3.8) is 0 Å². The molecule has 3 heteroatoms. The minimum absolute atomic E-state index is 0.771. The first-order valence-electron chi connectivity index (χ1n) is 9.69. The summed E-state index contributed by atoms with van der Waals surface area (Å²) in [5.74, 6) is 1.71. The largest absolute Gasteiger partial charge is 0.493 e. The third-order valence-corrected chi connectivity index (χ3v) is 4.33. The van der Waals surface area contributed by atoms with Gasteiger partial charge >= 0.3 is 0 Å². The fraction of sp³-hybridized carbons (Fsp3) is 0.714. The number of hydrogen-bond acceptors (Lipinski definition) is 3. The number of ether oxygens (including phenoxy) is 2. The van der Waals surface area contributed by atoms with Crippen molar-refractivity contribution >= 4 is 0 Å². The third-order valence-electron chi connectivity index (χ3n) is 4.33. The Morgan fingerprint density at radius 2 is 1.58 bits per heavy atom. The smallest absolute Gasteiger partial charge is 0.161 e. The number of benzene rings is 1. The van der Waals surface area contributed by atoms with Crippen LogP contribution in [0.1, 0.15) is 70.8 Å². The first-order valence-corrected chi connectivity index (χ1v) is 9.69. The van der Waals surface area contributed by atoms with E-state index in [0.29, 0.717) is 0 Å². The monoisotopic (exact) mass is 335 g/mol. The van der Waals surface area contributed by atoms with E-state index in [1.54, 1.807) is 7.11 Å². The fourth-order valence-corrected chi connectivity index (χ4v) is 2.84. The molecule has 1 aromatic carbocycles. The van der Waals surface area contributed by atoms with Gasteiger partial charge in [-0.2, -0.15) is 0 Å². The van der Waals surface area contributed by atoms with Crippen LogP contribution in [0.15, 0.2) is 18.2 Å². The molecule has 24 heavy (non-hydrogen) atoms. The second-order valence-corrected chi connectivity index (χ2v) is 6.69. The Kier molecular flexibility index (Phi) is 11.4. The van der Waals surface area contributed by atoms with Gasteiger partial charge in [-0.25, -0.2) is 0 Å². The maximum atomic E-state index is 5.89. The van der Waals surface area contributed by atoms with E-state index in [1.807, 2.05) is 0 Å². The van der Waals surface area contributed by atoms with Crippen molar-refractivity contribution in [3.05, 3.63) is 23.8 Å². The first-order chi connectivity index (χ1) is 11.7. The number of rotatable bonds is 14. The highest BCUT2D eigenvalue weighted by Crippen LogP contribution is 2.28. The molecule has 0 unspecified atom stereocenters. The Hall–Kier alpha value is -1.22. The predicted molar refractivity (Wildman–Crippen MR) is 103 cm³/mol. The molecular weight excluding hydrogens is 298 g/mol. The van der Waals surface area contributed by atoms with Gasteiger partial charge in [-0.15, -0.1) is 0 Å². The van der Waals surface area contributed by atoms with Crippen LogP contribution in [0.3, 0.4) is 0 Å². The van der Waals surface area contributed by atoms with Gasteiger partial charge in [-0.3, -0.25) is 0 Å². The summed E-state index contributed by atoms with van der Waals surface area (Å²) in [6.45, 7) is 7.36. The van der Waals surface area contributed by atoms with E-state index >= 15 is 0 Å². The van der Waals surface area contributed by atoms with Crippen LogP contribution < -0.4 is 9.47 Å². The van der Waals surface area contributed by atoms with Gasteiger partial charge in [0.05, 0.1) is 13.7 Å². The Bertz CT molecular complexity index is 434. The number of hydrogen-bond donors (Lipinski definition) is 0. The molecule has 0 aromatic heterocycles. The standard InChI is InChI=1S/C21H37NO2/c1-5-7-9-11-15-22(3)18-19-13-14-20(21(17-19)23-4)24-16-12-10-8-6-2/h13-14,17H,5-12,15-16,18H2,1-4H3. The van der Waals surface area contributed by atoms with Gasteiger partial charge in [0.1, 0.15) is 0 Å². The molecule has 138 valence electrons. The maximum Gasteiger partial charge on any atom is 0.161 e. The quantitative estimate of drug-likeness (QED) is 0.409. The summed E-state index contributed by atoms with van der Waals surface area (Å²) in [6, 6.07) is 6.33. The second-order valence-electron chi connectivity index (χ2n) is 6.69. The minimum Gasteiger partial charge on any atom is -0.493 e. The number of nitrogens with zero attached hydrogens (tertiary/aromatic N) is 1. The highest BCUT2D eigenvalue weighted by Gasteiger charge is 2.07. The van der Waals surface area contributed by atoms with E-state index in [2.05, 4.69) is 44.0 Å². The number of unbranched alkanes of at least 4 members (excludes halogenated alkanes) is 6. The zero-order chi connectivity index (χ0) is 17.6. The first kappa shape index (κ1) is 20.8. The number of methoxy groups -OCH3 is 1. The Balaban J connectivity index is 2.44. The molecule has 0 N–H and O–H groups in total. The summed E-state index contributed by atoms with van der Waals surface area (Å²) in [7, 11) is 3.91. The minimum atomic E-state index is 0.771. The lowest BCUT2D eigenvalue weighted by Crippen LogP contribution is -2.19. The lowest BCUT2D eigenvalue weighted by molar-refractivity contribution is 0.283. The summed E-state index contributed by atoms with van der Waals surface area (Å²) in [5.41, 5.74) is 1.28. The van der Waals surface area contributed by atoms with E-state index in [1.165, 1.54) is 50.5 Å². The average Bonchev–Trinajstić information content (AvgIpc) is 2.59. The molecule has 0 saturated heterocycles. The van der Waals surface area contributed by atoms with E-state index in [9.17, 15) is 0 Å². The van der Waals surface area contributed by atoms with Crippen molar-refractivity contribution in [1.29, 1.82) is 0 Å². The average molecular weight is 336 g/mol. The summed E-state index contributed by atoms with van der Waals surface area (Å²) in [5, 5.41) is 0. The van der Waals surface area contributed by atoms with Crippen LogP contribution in [0.5, 0.6) is 11.5 Å². The van der Waals surface area contributed by atoms with E-state index in [-0.39, 0.29) is 0 Å². The van der Waals surface area contributed by atoms with Crippen LogP contribution in [0.4, 0.5) is 0 Å². The topological polar surface area (TPSA) is 21.7 Å². The molecule has 0 saturated carbocycles. The van der Waals surface area contributed by atoms with Crippen LogP contribution in [0.25, 0.3) is 0 Å². The van der Waals surface area contributed by atoms with Crippen LogP contribution in [-0.2, 0) is 6.54 Å². The van der Waals surface area contributed by atoms with Gasteiger partial charge in [0.15, 0.2) is 11.5 Å². The molecule has 0 fully saturated rings. The van der Waals surface area contributed by atoms with Crippen LogP contribution in [0.2, 0.25) is 0 Å². The van der Waals surface area contributed by atoms with Gasteiger partial charge in [-0.05, 0) is 44.1 Å². The lowest BCUT2D eigenvalue weighted by Gasteiger charge is -2.18. The highest BCUT2D eigenvalue weighted by atomic mass is 16.5. The van der Waals surface area contributed by atoms with Gasteiger partial charge in [0, 0.05) is 6.54 Å². The van der Waals surface area contributed by atoms with Crippen molar-refractivity contribution in [2.45, 2.75) is 71.8 Å². The fourth-order valence-electron chi connectivity index (χ4n) is 2.84. The molecule has 0 bridgehead atoms. The Labute approximate surface area is 149 Å². The van der Waals surface area contributed by atoms with E-state index in [0.717, 1.165) is 37.6 Å².